The first-order chi connectivity index (χ1) is 10.1. The molecule has 0 atom stereocenters. The normalized spacial score (nSPS) is 11.2. The average molecular weight is 300 g/mol. The van der Waals surface area contributed by atoms with Gasteiger partial charge >= 0.3 is 0 Å². The molecule has 0 saturated heterocycles. The number of nitrogens with zero attached hydrogens (tertiary/aromatic N) is 3. The molecule has 2 aromatic heterocycles. The summed E-state index contributed by atoms with van der Waals surface area (Å²) in [6.45, 7) is 6.29. The molecule has 2 heterocycles. The van der Waals surface area contributed by atoms with Gasteiger partial charge in [0.25, 0.3) is 0 Å². The van der Waals surface area contributed by atoms with Crippen LogP contribution in [0.3, 0.4) is 0 Å². The van der Waals surface area contributed by atoms with Crippen molar-refractivity contribution in [1.29, 1.82) is 0 Å². The van der Waals surface area contributed by atoms with Gasteiger partial charge in [-0.3, -0.25) is 4.57 Å². The molecule has 0 spiro atoms. The van der Waals surface area contributed by atoms with Gasteiger partial charge in [-0.15, -0.1) is 11.6 Å². The highest BCUT2D eigenvalue weighted by molar-refractivity contribution is 6.17. The molecule has 0 unspecified atom stereocenters. The first kappa shape index (κ1) is 14.1. The van der Waals surface area contributed by atoms with Crippen LogP contribution < -0.4 is 0 Å². The van der Waals surface area contributed by atoms with E-state index in [1.54, 1.807) is 0 Å². The minimum atomic E-state index is 0.549. The molecule has 0 aliphatic heterocycles. The van der Waals surface area contributed by atoms with Gasteiger partial charge in [-0.1, -0.05) is 12.1 Å². The van der Waals surface area contributed by atoms with Crippen molar-refractivity contribution in [3.05, 3.63) is 53.0 Å². The summed E-state index contributed by atoms with van der Waals surface area (Å²) in [5.74, 6) is 1.51. The van der Waals surface area contributed by atoms with E-state index in [1.165, 1.54) is 11.1 Å². The van der Waals surface area contributed by atoms with Gasteiger partial charge in [0.1, 0.15) is 11.3 Å². The molecule has 21 heavy (non-hydrogen) atoms. The highest BCUT2D eigenvalue weighted by Gasteiger charge is 2.15. The Balaban J connectivity index is 2.33. The Labute approximate surface area is 129 Å². The second-order valence-corrected chi connectivity index (χ2v) is 5.75. The molecule has 0 aliphatic carbocycles. The van der Waals surface area contributed by atoms with Crippen LogP contribution in [0, 0.1) is 20.8 Å². The number of aryl methyl sites for hydroxylation is 3. The second kappa shape index (κ2) is 5.49. The highest BCUT2D eigenvalue weighted by atomic mass is 35.5. The van der Waals surface area contributed by atoms with E-state index in [-0.39, 0.29) is 0 Å². The molecule has 0 radical (unpaired) electrons. The van der Waals surface area contributed by atoms with E-state index in [9.17, 15) is 0 Å². The molecule has 0 N–H and O–H groups in total. The lowest BCUT2D eigenvalue weighted by molar-refractivity contribution is 0.898. The molecule has 0 saturated carbocycles. The van der Waals surface area contributed by atoms with Crippen molar-refractivity contribution < 1.29 is 0 Å². The SMILES string of the molecule is Cc1cnc2c(c1)nc(CCCl)n2-c1cccc(C)c1C. The Morgan fingerprint density at radius 1 is 1.19 bits per heavy atom. The Bertz CT molecular complexity index is 805. The minimum Gasteiger partial charge on any atom is -0.280 e. The van der Waals surface area contributed by atoms with Gasteiger partial charge in [-0.25, -0.2) is 9.97 Å². The van der Waals surface area contributed by atoms with Crippen LogP contribution in [0.25, 0.3) is 16.9 Å². The summed E-state index contributed by atoms with van der Waals surface area (Å²) in [5.41, 5.74) is 6.58. The smallest absolute Gasteiger partial charge is 0.164 e. The molecule has 0 amide bonds. The van der Waals surface area contributed by atoms with Gasteiger partial charge < -0.3 is 0 Å². The summed E-state index contributed by atoms with van der Waals surface area (Å²) in [5, 5.41) is 0. The number of imidazole rings is 1. The van der Waals surface area contributed by atoms with Crippen LogP contribution >= 0.6 is 11.6 Å². The molecule has 0 aliphatic rings. The van der Waals surface area contributed by atoms with E-state index in [2.05, 4.69) is 47.7 Å². The van der Waals surface area contributed by atoms with Gasteiger partial charge in [0.2, 0.25) is 0 Å². The second-order valence-electron chi connectivity index (χ2n) is 5.38. The van der Waals surface area contributed by atoms with E-state index < -0.39 is 0 Å². The van der Waals surface area contributed by atoms with Crippen molar-refractivity contribution in [2.24, 2.45) is 0 Å². The summed E-state index contributed by atoms with van der Waals surface area (Å²) in [6.07, 6.45) is 2.61. The van der Waals surface area contributed by atoms with Crippen LogP contribution in [0.4, 0.5) is 0 Å². The van der Waals surface area contributed by atoms with Crippen LogP contribution in [-0.4, -0.2) is 20.4 Å². The van der Waals surface area contributed by atoms with Gasteiger partial charge in [-0.05, 0) is 49.6 Å². The summed E-state index contributed by atoms with van der Waals surface area (Å²) in [7, 11) is 0. The molecule has 108 valence electrons. The van der Waals surface area contributed by atoms with Gasteiger partial charge in [0.05, 0.1) is 5.69 Å². The third-order valence-corrected chi connectivity index (χ3v) is 4.03. The van der Waals surface area contributed by atoms with E-state index in [4.69, 9.17) is 16.6 Å². The van der Waals surface area contributed by atoms with E-state index in [0.29, 0.717) is 5.88 Å². The van der Waals surface area contributed by atoms with Crippen LogP contribution in [0.1, 0.15) is 22.5 Å². The van der Waals surface area contributed by atoms with Crippen LogP contribution in [0.2, 0.25) is 0 Å². The van der Waals surface area contributed by atoms with Crippen LogP contribution in [0.5, 0.6) is 0 Å². The number of halogens is 1. The predicted octanol–water partition coefficient (Wildman–Crippen LogP) is 4.13. The monoisotopic (exact) mass is 299 g/mol. The fraction of sp³-hybridized carbons (Fsp3) is 0.294. The molecule has 3 rings (SSSR count). The molecule has 3 nitrogen and oxygen atoms in total. The minimum absolute atomic E-state index is 0.549. The fourth-order valence-electron chi connectivity index (χ4n) is 2.60. The van der Waals surface area contributed by atoms with Gasteiger partial charge in [-0.2, -0.15) is 0 Å². The summed E-state index contributed by atoms with van der Waals surface area (Å²) < 4.78 is 2.14. The maximum atomic E-state index is 5.95. The van der Waals surface area contributed by atoms with Crippen molar-refractivity contribution >= 4 is 22.8 Å². The van der Waals surface area contributed by atoms with Crippen molar-refractivity contribution in [1.82, 2.24) is 14.5 Å². The average Bonchev–Trinajstić information content (AvgIpc) is 2.79. The molecule has 1 aromatic carbocycles. The number of hydrogen-bond donors (Lipinski definition) is 0. The topological polar surface area (TPSA) is 30.7 Å². The Morgan fingerprint density at radius 3 is 2.76 bits per heavy atom. The summed E-state index contributed by atoms with van der Waals surface area (Å²) in [6, 6.07) is 8.38. The van der Waals surface area contributed by atoms with Gasteiger partial charge in [0.15, 0.2) is 5.65 Å². The quantitative estimate of drug-likeness (QED) is 0.681. The van der Waals surface area contributed by atoms with Gasteiger partial charge in [0, 0.05) is 18.5 Å². The highest BCUT2D eigenvalue weighted by Crippen LogP contribution is 2.25. The first-order valence-electron chi connectivity index (χ1n) is 7.08. The predicted molar refractivity (Wildman–Crippen MR) is 87.5 cm³/mol. The Morgan fingerprint density at radius 2 is 2.00 bits per heavy atom. The maximum absolute atomic E-state index is 5.95. The number of fused-ring (bicyclic) bond motifs is 1. The summed E-state index contributed by atoms with van der Waals surface area (Å²) in [4.78, 5) is 9.31. The third kappa shape index (κ3) is 2.42. The molecular weight excluding hydrogens is 282 g/mol. The molecular formula is C17H18ClN3. The molecule has 0 bridgehead atoms. The van der Waals surface area contributed by atoms with Crippen molar-refractivity contribution in [2.75, 3.05) is 5.88 Å². The van der Waals surface area contributed by atoms with Crippen LogP contribution in [-0.2, 0) is 6.42 Å². The number of rotatable bonds is 3. The first-order valence-corrected chi connectivity index (χ1v) is 7.62. The Hall–Kier alpha value is -1.87. The van der Waals surface area contributed by atoms with Crippen LogP contribution in [0.15, 0.2) is 30.5 Å². The number of aromatic nitrogens is 3. The number of pyridine rings is 1. The molecule has 4 heteroatoms. The lowest BCUT2D eigenvalue weighted by atomic mass is 10.1. The third-order valence-electron chi connectivity index (χ3n) is 3.84. The van der Waals surface area contributed by atoms with Crippen molar-refractivity contribution in [3.8, 4) is 5.69 Å². The van der Waals surface area contributed by atoms with E-state index in [1.807, 2.05) is 13.1 Å². The standard InChI is InChI=1S/C17H18ClN3/c1-11-9-14-17(19-10-11)21(16(20-14)7-8-18)15-6-4-5-12(2)13(15)3/h4-6,9-10H,7-8H2,1-3H3. The fourth-order valence-corrected chi connectivity index (χ4v) is 2.76. The van der Waals surface area contributed by atoms with E-state index in [0.717, 1.165) is 34.7 Å². The van der Waals surface area contributed by atoms with Crippen molar-refractivity contribution in [2.45, 2.75) is 27.2 Å². The lowest BCUT2D eigenvalue weighted by Gasteiger charge is -2.13. The zero-order chi connectivity index (χ0) is 15.0. The molecule has 3 aromatic rings. The number of benzene rings is 1. The number of alkyl halides is 1. The molecule has 0 fully saturated rings. The largest absolute Gasteiger partial charge is 0.280 e. The lowest BCUT2D eigenvalue weighted by Crippen LogP contribution is -2.05. The zero-order valence-corrected chi connectivity index (χ0v) is 13.3. The summed E-state index contributed by atoms with van der Waals surface area (Å²) >= 11 is 5.95. The zero-order valence-electron chi connectivity index (χ0n) is 12.5. The van der Waals surface area contributed by atoms with E-state index >= 15 is 0 Å². The maximum Gasteiger partial charge on any atom is 0.164 e. The Kier molecular flexibility index (Phi) is 3.68. The number of hydrogen-bond acceptors (Lipinski definition) is 2. The van der Waals surface area contributed by atoms with Crippen molar-refractivity contribution in [3.63, 3.8) is 0 Å².